The number of aromatic nitrogens is 1. The first-order valence-corrected chi connectivity index (χ1v) is 7.77. The van der Waals surface area contributed by atoms with Crippen LogP contribution in [0.1, 0.15) is 37.0 Å². The fraction of sp³-hybridized carbons (Fsp3) is 0.625. The molecule has 1 aliphatic rings. The number of rotatable bonds is 6. The molecule has 116 valence electrons. The number of pyridine rings is 1. The number of carbonyl (C=O) groups is 1. The number of anilines is 1. The van der Waals surface area contributed by atoms with Crippen LogP contribution in [0.25, 0.3) is 0 Å². The number of piperidine rings is 1. The number of carbonyl (C=O) groups excluding carboxylic acids is 1. The summed E-state index contributed by atoms with van der Waals surface area (Å²) in [5, 5.41) is 3.54. The van der Waals surface area contributed by atoms with E-state index in [1.165, 1.54) is 12.8 Å². The van der Waals surface area contributed by atoms with E-state index in [0.29, 0.717) is 17.4 Å². The number of amides is 1. The monoisotopic (exact) mass is 290 g/mol. The molecule has 1 fully saturated rings. The zero-order valence-corrected chi connectivity index (χ0v) is 13.0. The summed E-state index contributed by atoms with van der Waals surface area (Å²) in [7, 11) is 0. The highest BCUT2D eigenvalue weighted by atomic mass is 16.1. The van der Waals surface area contributed by atoms with Crippen LogP contribution in [0.3, 0.4) is 0 Å². The van der Waals surface area contributed by atoms with Gasteiger partial charge in [0, 0.05) is 19.3 Å². The van der Waals surface area contributed by atoms with Crippen molar-refractivity contribution in [3.63, 3.8) is 0 Å². The maximum atomic E-state index is 11.1. The van der Waals surface area contributed by atoms with Gasteiger partial charge >= 0.3 is 0 Å². The Morgan fingerprint density at radius 1 is 1.52 bits per heavy atom. The maximum Gasteiger partial charge on any atom is 0.250 e. The minimum atomic E-state index is -0.427. The van der Waals surface area contributed by atoms with E-state index in [2.05, 4.69) is 29.0 Å². The molecular weight excluding hydrogens is 264 g/mol. The molecule has 1 atom stereocenters. The average molecular weight is 290 g/mol. The predicted octanol–water partition coefficient (Wildman–Crippen LogP) is 1.64. The van der Waals surface area contributed by atoms with Gasteiger partial charge in [0.15, 0.2) is 0 Å². The summed E-state index contributed by atoms with van der Waals surface area (Å²) >= 11 is 0. The summed E-state index contributed by atoms with van der Waals surface area (Å²) < 4.78 is 0. The van der Waals surface area contributed by atoms with Crippen LogP contribution in [0.2, 0.25) is 0 Å². The highest BCUT2D eigenvalue weighted by molar-refractivity contribution is 5.92. The molecule has 0 bridgehead atoms. The molecule has 0 aliphatic carbocycles. The van der Waals surface area contributed by atoms with Crippen LogP contribution in [0.4, 0.5) is 5.82 Å². The third kappa shape index (κ3) is 4.70. The molecule has 2 rings (SSSR count). The summed E-state index contributed by atoms with van der Waals surface area (Å²) in [4.78, 5) is 17.7. The van der Waals surface area contributed by atoms with Gasteiger partial charge in [0.05, 0.1) is 5.56 Å². The van der Waals surface area contributed by atoms with Crippen molar-refractivity contribution in [1.82, 2.24) is 10.3 Å². The second kappa shape index (κ2) is 7.41. The smallest absolute Gasteiger partial charge is 0.250 e. The molecule has 21 heavy (non-hydrogen) atoms. The van der Waals surface area contributed by atoms with Gasteiger partial charge in [-0.3, -0.25) is 4.79 Å². The van der Waals surface area contributed by atoms with Gasteiger partial charge in [0.2, 0.25) is 5.91 Å². The normalized spacial score (nSPS) is 19.0. The SMILES string of the molecule is CC(C)CNCC1CCCN(c2ccc(C(N)=O)cn2)C1. The lowest BCUT2D eigenvalue weighted by atomic mass is 9.97. The van der Waals surface area contributed by atoms with Crippen molar-refractivity contribution in [2.75, 3.05) is 31.1 Å². The third-order valence-electron chi connectivity index (χ3n) is 3.86. The Balaban J connectivity index is 1.89. The first kappa shape index (κ1) is 15.8. The standard InChI is InChI=1S/C16H26N4O/c1-12(2)8-18-9-13-4-3-7-20(11-13)15-6-5-14(10-19-15)16(17)21/h5-6,10,12-13,18H,3-4,7-9,11H2,1-2H3,(H2,17,21). The predicted molar refractivity (Wildman–Crippen MR) is 85.4 cm³/mol. The number of nitrogens with zero attached hydrogens (tertiary/aromatic N) is 2. The summed E-state index contributed by atoms with van der Waals surface area (Å²) in [5.41, 5.74) is 5.71. The number of hydrogen-bond donors (Lipinski definition) is 2. The Labute approximate surface area is 126 Å². The van der Waals surface area contributed by atoms with E-state index in [4.69, 9.17) is 5.73 Å². The molecule has 2 heterocycles. The molecule has 1 saturated heterocycles. The van der Waals surface area contributed by atoms with Gasteiger partial charge in [0.1, 0.15) is 5.82 Å². The van der Waals surface area contributed by atoms with E-state index in [1.807, 2.05) is 6.07 Å². The Morgan fingerprint density at radius 3 is 2.95 bits per heavy atom. The van der Waals surface area contributed by atoms with Crippen molar-refractivity contribution < 1.29 is 4.79 Å². The van der Waals surface area contributed by atoms with E-state index in [-0.39, 0.29) is 0 Å². The highest BCUT2D eigenvalue weighted by Gasteiger charge is 2.20. The topological polar surface area (TPSA) is 71.2 Å². The van der Waals surface area contributed by atoms with Crippen LogP contribution in [0.5, 0.6) is 0 Å². The van der Waals surface area contributed by atoms with Gasteiger partial charge in [-0.1, -0.05) is 13.8 Å². The lowest BCUT2D eigenvalue weighted by molar-refractivity contribution is 0.1000. The Hall–Kier alpha value is -1.62. The van der Waals surface area contributed by atoms with E-state index in [9.17, 15) is 4.79 Å². The third-order valence-corrected chi connectivity index (χ3v) is 3.86. The van der Waals surface area contributed by atoms with Crippen LogP contribution in [-0.4, -0.2) is 37.1 Å². The molecule has 3 N–H and O–H groups in total. The molecule has 0 spiro atoms. The Morgan fingerprint density at radius 2 is 2.33 bits per heavy atom. The highest BCUT2D eigenvalue weighted by Crippen LogP contribution is 2.21. The summed E-state index contributed by atoms with van der Waals surface area (Å²) in [6.07, 6.45) is 4.02. The van der Waals surface area contributed by atoms with Gasteiger partial charge in [-0.2, -0.15) is 0 Å². The van der Waals surface area contributed by atoms with Crippen molar-refractivity contribution in [3.05, 3.63) is 23.9 Å². The summed E-state index contributed by atoms with van der Waals surface area (Å²) in [5.74, 6) is 1.86. The largest absolute Gasteiger partial charge is 0.366 e. The summed E-state index contributed by atoms with van der Waals surface area (Å²) in [6, 6.07) is 3.65. The van der Waals surface area contributed by atoms with Gasteiger partial charge < -0.3 is 16.0 Å². The second-order valence-corrected chi connectivity index (χ2v) is 6.28. The minimum absolute atomic E-state index is 0.427. The quantitative estimate of drug-likeness (QED) is 0.835. The number of primary amides is 1. The minimum Gasteiger partial charge on any atom is -0.366 e. The first-order valence-electron chi connectivity index (χ1n) is 7.77. The lowest BCUT2D eigenvalue weighted by Crippen LogP contribution is -2.40. The van der Waals surface area contributed by atoms with E-state index in [0.717, 1.165) is 32.0 Å². The zero-order valence-electron chi connectivity index (χ0n) is 13.0. The van der Waals surface area contributed by atoms with Gasteiger partial charge in [0.25, 0.3) is 0 Å². The van der Waals surface area contributed by atoms with Crippen molar-refractivity contribution >= 4 is 11.7 Å². The van der Waals surface area contributed by atoms with Gasteiger partial charge in [-0.25, -0.2) is 4.98 Å². The van der Waals surface area contributed by atoms with Crippen LogP contribution >= 0.6 is 0 Å². The van der Waals surface area contributed by atoms with Crippen LogP contribution in [-0.2, 0) is 0 Å². The molecule has 1 unspecified atom stereocenters. The average Bonchev–Trinajstić information content (AvgIpc) is 2.47. The van der Waals surface area contributed by atoms with Crippen molar-refractivity contribution in [2.24, 2.45) is 17.6 Å². The van der Waals surface area contributed by atoms with Crippen molar-refractivity contribution in [2.45, 2.75) is 26.7 Å². The molecule has 0 aromatic carbocycles. The Bertz CT molecular complexity index is 458. The van der Waals surface area contributed by atoms with E-state index >= 15 is 0 Å². The fourth-order valence-corrected chi connectivity index (χ4v) is 2.73. The van der Waals surface area contributed by atoms with Crippen LogP contribution in [0.15, 0.2) is 18.3 Å². The van der Waals surface area contributed by atoms with Crippen LogP contribution in [0, 0.1) is 11.8 Å². The lowest BCUT2D eigenvalue weighted by Gasteiger charge is -2.34. The molecule has 5 heteroatoms. The molecule has 0 radical (unpaired) electrons. The number of hydrogen-bond acceptors (Lipinski definition) is 4. The fourth-order valence-electron chi connectivity index (χ4n) is 2.73. The first-order chi connectivity index (χ1) is 10.1. The summed E-state index contributed by atoms with van der Waals surface area (Å²) in [6.45, 7) is 8.64. The van der Waals surface area contributed by atoms with E-state index in [1.54, 1.807) is 12.3 Å². The Kier molecular flexibility index (Phi) is 5.56. The molecule has 1 aliphatic heterocycles. The zero-order chi connectivity index (χ0) is 15.2. The molecular formula is C16H26N4O. The number of nitrogens with two attached hydrogens (primary N) is 1. The molecule has 1 aromatic rings. The molecule has 1 aromatic heterocycles. The van der Waals surface area contributed by atoms with Crippen LogP contribution < -0.4 is 16.0 Å². The second-order valence-electron chi connectivity index (χ2n) is 6.28. The molecule has 1 amide bonds. The van der Waals surface area contributed by atoms with Gasteiger partial charge in [-0.05, 0) is 49.9 Å². The van der Waals surface area contributed by atoms with Gasteiger partial charge in [-0.15, -0.1) is 0 Å². The maximum absolute atomic E-state index is 11.1. The van der Waals surface area contributed by atoms with Crippen molar-refractivity contribution in [3.8, 4) is 0 Å². The number of nitrogens with one attached hydrogen (secondary N) is 1. The van der Waals surface area contributed by atoms with Crippen molar-refractivity contribution in [1.29, 1.82) is 0 Å². The molecule has 0 saturated carbocycles. The van der Waals surface area contributed by atoms with E-state index < -0.39 is 5.91 Å². The molecule has 5 nitrogen and oxygen atoms in total.